The molecule has 166 valence electrons. The van der Waals surface area contributed by atoms with E-state index in [-0.39, 0.29) is 11.8 Å². The number of rotatable bonds is 9. The number of nitrogens with one attached hydrogen (secondary N) is 1. The average Bonchev–Trinajstić information content (AvgIpc) is 3.58. The van der Waals surface area contributed by atoms with Crippen molar-refractivity contribution in [3.63, 3.8) is 0 Å². The summed E-state index contributed by atoms with van der Waals surface area (Å²) in [7, 11) is 0. The average molecular weight is 434 g/mol. The van der Waals surface area contributed by atoms with E-state index in [0.29, 0.717) is 44.2 Å². The van der Waals surface area contributed by atoms with Gasteiger partial charge in [0.2, 0.25) is 11.8 Å². The van der Waals surface area contributed by atoms with Crippen LogP contribution >= 0.6 is 0 Å². The van der Waals surface area contributed by atoms with E-state index >= 15 is 0 Å². The number of amides is 2. The summed E-state index contributed by atoms with van der Waals surface area (Å²) in [6, 6.07) is 13.0. The Bertz CT molecular complexity index is 1040. The Labute approximate surface area is 186 Å². The van der Waals surface area contributed by atoms with Crippen molar-refractivity contribution in [3.8, 4) is 0 Å². The first-order chi connectivity index (χ1) is 15.7. The van der Waals surface area contributed by atoms with E-state index < -0.39 is 6.04 Å². The highest BCUT2D eigenvalue weighted by atomic mass is 16.5. The Morgan fingerprint density at radius 3 is 2.91 bits per heavy atom. The molecule has 0 saturated carbocycles. The van der Waals surface area contributed by atoms with Gasteiger partial charge in [0.05, 0.1) is 37.9 Å². The van der Waals surface area contributed by atoms with Crippen LogP contribution in [0, 0.1) is 0 Å². The summed E-state index contributed by atoms with van der Waals surface area (Å²) in [5.74, 6) is 0.186. The van der Waals surface area contributed by atoms with Crippen molar-refractivity contribution >= 4 is 23.6 Å². The molecular weight excluding hydrogens is 408 g/mol. The molecule has 0 bridgehead atoms. The maximum Gasteiger partial charge on any atom is 0.247 e. The number of anilines is 1. The van der Waals surface area contributed by atoms with Gasteiger partial charge in [-0.05, 0) is 36.6 Å². The predicted molar refractivity (Wildman–Crippen MR) is 119 cm³/mol. The third-order valence-electron chi connectivity index (χ3n) is 5.25. The second kappa shape index (κ2) is 10.6. The number of furan rings is 1. The van der Waals surface area contributed by atoms with Gasteiger partial charge >= 0.3 is 0 Å². The van der Waals surface area contributed by atoms with Gasteiger partial charge in [0.25, 0.3) is 0 Å². The van der Waals surface area contributed by atoms with Gasteiger partial charge in [0, 0.05) is 18.8 Å². The van der Waals surface area contributed by atoms with Crippen molar-refractivity contribution in [3.05, 3.63) is 78.5 Å². The molecule has 3 heterocycles. The smallest absolute Gasteiger partial charge is 0.247 e. The van der Waals surface area contributed by atoms with Crippen molar-refractivity contribution in [2.75, 3.05) is 18.5 Å². The van der Waals surface area contributed by atoms with Gasteiger partial charge in [-0.15, -0.1) is 0 Å². The lowest BCUT2D eigenvalue weighted by molar-refractivity contribution is -0.132. The van der Waals surface area contributed by atoms with Crippen LogP contribution in [0.5, 0.6) is 0 Å². The number of aromatic nitrogens is 2. The Balaban J connectivity index is 1.25. The minimum atomic E-state index is -0.499. The molecule has 0 unspecified atom stereocenters. The standard InChI is InChI=1S/C24H26N4O4/c29-23(11-10-21-8-5-14-32-21)28-12-4-9-22(28)24(30)26-20-16-25-27(17-20)13-15-31-18-19-6-2-1-3-7-19/h1-3,5-8,10-11,14,16-17,22H,4,9,12-13,15,18H2,(H,26,30)/b11-10+/t22-/m0/s1. The van der Waals surface area contributed by atoms with Gasteiger partial charge in [-0.2, -0.15) is 5.10 Å². The molecule has 0 radical (unpaired) electrons. The molecule has 1 N–H and O–H groups in total. The molecular formula is C24H26N4O4. The zero-order valence-electron chi connectivity index (χ0n) is 17.7. The minimum absolute atomic E-state index is 0.203. The van der Waals surface area contributed by atoms with Crippen molar-refractivity contribution < 1.29 is 18.7 Å². The number of benzene rings is 1. The second-order valence-electron chi connectivity index (χ2n) is 7.56. The molecule has 0 spiro atoms. The number of hydrogen-bond acceptors (Lipinski definition) is 5. The van der Waals surface area contributed by atoms with E-state index in [0.717, 1.165) is 12.0 Å². The summed E-state index contributed by atoms with van der Waals surface area (Å²) >= 11 is 0. The van der Waals surface area contributed by atoms with Crippen LogP contribution in [-0.4, -0.2) is 45.7 Å². The van der Waals surface area contributed by atoms with E-state index in [9.17, 15) is 9.59 Å². The SMILES string of the molecule is O=C(Nc1cnn(CCOCc2ccccc2)c1)[C@@H]1CCCN1C(=O)/C=C/c1ccco1. The highest BCUT2D eigenvalue weighted by Gasteiger charge is 2.33. The zero-order valence-corrected chi connectivity index (χ0v) is 17.7. The molecule has 4 rings (SSSR count). The highest BCUT2D eigenvalue weighted by molar-refractivity contribution is 6.00. The molecule has 2 amide bonds. The molecule has 1 fully saturated rings. The molecule has 2 aromatic heterocycles. The van der Waals surface area contributed by atoms with Gasteiger partial charge < -0.3 is 19.4 Å². The van der Waals surface area contributed by atoms with E-state index in [4.69, 9.17) is 9.15 Å². The first-order valence-corrected chi connectivity index (χ1v) is 10.7. The Kier molecular flexibility index (Phi) is 7.14. The third kappa shape index (κ3) is 5.73. The summed E-state index contributed by atoms with van der Waals surface area (Å²) < 4.78 is 12.6. The molecule has 32 heavy (non-hydrogen) atoms. The summed E-state index contributed by atoms with van der Waals surface area (Å²) in [6.45, 7) is 2.19. The first-order valence-electron chi connectivity index (χ1n) is 10.7. The number of carbonyl (C=O) groups excluding carboxylic acids is 2. The molecule has 1 aliphatic rings. The lowest BCUT2D eigenvalue weighted by atomic mass is 10.2. The number of nitrogens with zero attached hydrogens (tertiary/aromatic N) is 3. The molecule has 8 heteroatoms. The number of likely N-dealkylation sites (tertiary alicyclic amines) is 1. The van der Waals surface area contributed by atoms with Gasteiger partial charge in [-0.1, -0.05) is 30.3 Å². The van der Waals surface area contributed by atoms with Crippen LogP contribution in [0.3, 0.4) is 0 Å². The van der Waals surface area contributed by atoms with Crippen LogP contribution in [0.25, 0.3) is 6.08 Å². The first kappa shape index (κ1) is 21.6. The van der Waals surface area contributed by atoms with Gasteiger partial charge in [0.15, 0.2) is 0 Å². The van der Waals surface area contributed by atoms with Crippen LogP contribution in [0.4, 0.5) is 5.69 Å². The van der Waals surface area contributed by atoms with Crippen molar-refractivity contribution in [2.45, 2.75) is 32.0 Å². The molecule has 1 aromatic carbocycles. The molecule has 3 aromatic rings. The van der Waals surface area contributed by atoms with Gasteiger partial charge in [-0.3, -0.25) is 14.3 Å². The fourth-order valence-corrected chi connectivity index (χ4v) is 3.64. The topological polar surface area (TPSA) is 89.6 Å². The van der Waals surface area contributed by atoms with Gasteiger partial charge in [0.1, 0.15) is 11.8 Å². The van der Waals surface area contributed by atoms with E-state index in [1.807, 2.05) is 30.3 Å². The number of hydrogen-bond donors (Lipinski definition) is 1. The second-order valence-corrected chi connectivity index (χ2v) is 7.56. The number of carbonyl (C=O) groups is 2. The lowest BCUT2D eigenvalue weighted by Gasteiger charge is -2.22. The van der Waals surface area contributed by atoms with Crippen LogP contribution in [0.1, 0.15) is 24.2 Å². The molecule has 0 aliphatic carbocycles. The molecule has 1 aliphatic heterocycles. The van der Waals surface area contributed by atoms with E-state index in [2.05, 4.69) is 10.4 Å². The maximum absolute atomic E-state index is 12.8. The maximum atomic E-state index is 12.8. The summed E-state index contributed by atoms with van der Waals surface area (Å²) in [5, 5.41) is 7.15. The molecule has 1 saturated heterocycles. The van der Waals surface area contributed by atoms with Crippen molar-refractivity contribution in [1.29, 1.82) is 0 Å². The predicted octanol–water partition coefficient (Wildman–Crippen LogP) is 3.34. The van der Waals surface area contributed by atoms with E-state index in [1.165, 1.54) is 6.08 Å². The fourth-order valence-electron chi connectivity index (χ4n) is 3.64. The zero-order chi connectivity index (χ0) is 22.2. The Hall–Kier alpha value is -3.65. The van der Waals surface area contributed by atoms with Crippen molar-refractivity contribution in [1.82, 2.24) is 14.7 Å². The number of ether oxygens (including phenoxy) is 1. The highest BCUT2D eigenvalue weighted by Crippen LogP contribution is 2.20. The van der Waals surface area contributed by atoms with Crippen LogP contribution in [0.2, 0.25) is 0 Å². The third-order valence-corrected chi connectivity index (χ3v) is 5.25. The largest absolute Gasteiger partial charge is 0.465 e. The lowest BCUT2D eigenvalue weighted by Crippen LogP contribution is -2.42. The van der Waals surface area contributed by atoms with Crippen LogP contribution in [0.15, 0.2) is 71.6 Å². The Morgan fingerprint density at radius 2 is 2.09 bits per heavy atom. The van der Waals surface area contributed by atoms with Crippen LogP contribution in [-0.2, 0) is 27.5 Å². The van der Waals surface area contributed by atoms with Crippen LogP contribution < -0.4 is 5.32 Å². The fraction of sp³-hybridized carbons (Fsp3) is 0.292. The molecule has 1 atom stereocenters. The molecule has 8 nitrogen and oxygen atoms in total. The van der Waals surface area contributed by atoms with E-state index in [1.54, 1.807) is 46.4 Å². The summed E-state index contributed by atoms with van der Waals surface area (Å²) in [5.41, 5.74) is 1.72. The minimum Gasteiger partial charge on any atom is -0.465 e. The Morgan fingerprint density at radius 1 is 1.22 bits per heavy atom. The summed E-state index contributed by atoms with van der Waals surface area (Å²) in [4.78, 5) is 26.9. The summed E-state index contributed by atoms with van der Waals surface area (Å²) in [6.07, 6.45) is 9.39. The van der Waals surface area contributed by atoms with Crippen molar-refractivity contribution in [2.24, 2.45) is 0 Å². The monoisotopic (exact) mass is 434 g/mol. The quantitative estimate of drug-likeness (QED) is 0.412. The van der Waals surface area contributed by atoms with Gasteiger partial charge in [-0.25, -0.2) is 0 Å². The normalized spacial score (nSPS) is 16.0.